The molecular weight excluding hydrogens is 268 g/mol. The second kappa shape index (κ2) is 6.32. The largest absolute Gasteiger partial charge is 0.397 e. The lowest BCUT2D eigenvalue weighted by Crippen LogP contribution is -2.37. The van der Waals surface area contributed by atoms with Crippen molar-refractivity contribution in [3.63, 3.8) is 0 Å². The number of nitrogens with two attached hydrogens (primary N) is 1. The zero-order chi connectivity index (χ0) is 14.7. The maximum atomic E-state index is 11.4. The number of carbonyl (C=O) groups excluding carboxylic acids is 1. The molecule has 1 fully saturated rings. The predicted octanol–water partition coefficient (Wildman–Crippen LogP) is 0.898. The van der Waals surface area contributed by atoms with E-state index in [0.29, 0.717) is 12.1 Å². The minimum Gasteiger partial charge on any atom is -0.397 e. The van der Waals surface area contributed by atoms with Crippen LogP contribution < -0.4 is 16.4 Å². The van der Waals surface area contributed by atoms with Gasteiger partial charge < -0.3 is 21.1 Å². The molecular formula is C15H22N4O2. The van der Waals surface area contributed by atoms with E-state index in [0.717, 1.165) is 62.8 Å². The molecule has 1 aromatic rings. The van der Waals surface area contributed by atoms with Crippen molar-refractivity contribution in [2.45, 2.75) is 12.8 Å². The normalized spacial score (nSPS) is 18.4. The Morgan fingerprint density at radius 1 is 1.33 bits per heavy atom. The molecule has 114 valence electrons. The van der Waals surface area contributed by atoms with Crippen molar-refractivity contribution in [2.75, 3.05) is 55.8 Å². The predicted molar refractivity (Wildman–Crippen MR) is 83.6 cm³/mol. The number of hydrogen-bond acceptors (Lipinski definition) is 5. The van der Waals surface area contributed by atoms with Crippen molar-refractivity contribution in [1.82, 2.24) is 4.90 Å². The molecule has 0 aliphatic carbocycles. The smallest absolute Gasteiger partial charge is 0.228 e. The quantitative estimate of drug-likeness (QED) is 0.554. The summed E-state index contributed by atoms with van der Waals surface area (Å²) >= 11 is 0. The molecule has 0 aromatic heterocycles. The fraction of sp³-hybridized carbons (Fsp3) is 0.533. The first-order valence-corrected chi connectivity index (χ1v) is 7.48. The Morgan fingerprint density at radius 2 is 2.14 bits per heavy atom. The average molecular weight is 290 g/mol. The number of carbonyl (C=O) groups is 1. The maximum absolute atomic E-state index is 11.4. The van der Waals surface area contributed by atoms with E-state index in [1.807, 2.05) is 12.1 Å². The number of nitrogens with zero attached hydrogens (tertiary/aromatic N) is 1. The molecule has 2 heterocycles. The number of morpholine rings is 1. The van der Waals surface area contributed by atoms with Gasteiger partial charge in [0.25, 0.3) is 0 Å². The summed E-state index contributed by atoms with van der Waals surface area (Å²) in [6.45, 7) is 5.65. The number of nitrogen functional groups attached to an aromatic ring is 1. The molecule has 1 aromatic carbocycles. The van der Waals surface area contributed by atoms with E-state index in [1.54, 1.807) is 0 Å². The number of ether oxygens (including phenoxy) is 1. The van der Waals surface area contributed by atoms with Gasteiger partial charge in [-0.25, -0.2) is 0 Å². The van der Waals surface area contributed by atoms with E-state index in [1.165, 1.54) is 0 Å². The Hall–Kier alpha value is -1.79. The monoisotopic (exact) mass is 290 g/mol. The zero-order valence-electron chi connectivity index (χ0n) is 12.2. The van der Waals surface area contributed by atoms with Crippen LogP contribution in [0.1, 0.15) is 12.0 Å². The summed E-state index contributed by atoms with van der Waals surface area (Å²) in [5, 5.41) is 6.21. The first-order chi connectivity index (χ1) is 10.2. The third-order valence-corrected chi connectivity index (χ3v) is 3.97. The summed E-state index contributed by atoms with van der Waals surface area (Å²) in [5.41, 5.74) is 9.50. The Bertz CT molecular complexity index is 527. The first-order valence-electron chi connectivity index (χ1n) is 7.48. The molecule has 4 N–H and O–H groups in total. The lowest BCUT2D eigenvalue weighted by Gasteiger charge is -2.26. The van der Waals surface area contributed by atoms with Gasteiger partial charge in [0.2, 0.25) is 5.91 Å². The minimum absolute atomic E-state index is 0.0360. The number of hydrogen-bond donors (Lipinski definition) is 3. The summed E-state index contributed by atoms with van der Waals surface area (Å²) in [7, 11) is 0. The van der Waals surface area contributed by atoms with Gasteiger partial charge in [-0.1, -0.05) is 0 Å². The van der Waals surface area contributed by atoms with Crippen LogP contribution in [-0.2, 0) is 16.0 Å². The lowest BCUT2D eigenvalue weighted by molar-refractivity contribution is -0.115. The third kappa shape index (κ3) is 3.46. The highest BCUT2D eigenvalue weighted by Crippen LogP contribution is 2.31. The number of benzene rings is 1. The molecule has 0 bridgehead atoms. The fourth-order valence-corrected chi connectivity index (χ4v) is 2.80. The number of anilines is 3. The van der Waals surface area contributed by atoms with E-state index in [9.17, 15) is 4.79 Å². The van der Waals surface area contributed by atoms with E-state index >= 15 is 0 Å². The van der Waals surface area contributed by atoms with Gasteiger partial charge in [0.15, 0.2) is 0 Å². The van der Waals surface area contributed by atoms with Crippen LogP contribution in [0.3, 0.4) is 0 Å². The van der Waals surface area contributed by atoms with Gasteiger partial charge in [-0.15, -0.1) is 0 Å². The summed E-state index contributed by atoms with van der Waals surface area (Å²) in [5.74, 6) is 0.0360. The molecule has 2 aliphatic heterocycles. The lowest BCUT2D eigenvalue weighted by atomic mass is 10.1. The molecule has 0 atom stereocenters. The standard InChI is InChI=1S/C15H22N4O2/c16-12-8-11-9-15(20)18-13(11)10-14(12)17-2-1-3-19-4-6-21-7-5-19/h8,10,17H,1-7,9,16H2,(H,18,20). The zero-order valence-corrected chi connectivity index (χ0v) is 12.2. The van der Waals surface area contributed by atoms with Gasteiger partial charge in [0, 0.05) is 25.3 Å². The molecule has 6 nitrogen and oxygen atoms in total. The van der Waals surface area contributed by atoms with Crippen molar-refractivity contribution in [3.05, 3.63) is 17.7 Å². The molecule has 0 unspecified atom stereocenters. The molecule has 2 aliphatic rings. The van der Waals surface area contributed by atoms with Crippen LogP contribution in [0.2, 0.25) is 0 Å². The van der Waals surface area contributed by atoms with E-state index < -0.39 is 0 Å². The molecule has 1 saturated heterocycles. The first kappa shape index (κ1) is 14.2. The van der Waals surface area contributed by atoms with Crippen LogP contribution in [-0.4, -0.2) is 50.2 Å². The van der Waals surface area contributed by atoms with Gasteiger partial charge in [-0.05, 0) is 30.7 Å². The minimum atomic E-state index is 0.0360. The summed E-state index contributed by atoms with van der Waals surface area (Å²) < 4.78 is 5.33. The molecule has 0 spiro atoms. The van der Waals surface area contributed by atoms with Crippen LogP contribution in [0.15, 0.2) is 12.1 Å². The van der Waals surface area contributed by atoms with E-state index in [4.69, 9.17) is 10.5 Å². The fourth-order valence-electron chi connectivity index (χ4n) is 2.80. The molecule has 6 heteroatoms. The number of nitrogens with one attached hydrogen (secondary N) is 2. The third-order valence-electron chi connectivity index (χ3n) is 3.97. The van der Waals surface area contributed by atoms with Crippen molar-refractivity contribution in [2.24, 2.45) is 0 Å². The van der Waals surface area contributed by atoms with Crippen molar-refractivity contribution < 1.29 is 9.53 Å². The SMILES string of the molecule is Nc1cc2c(cc1NCCCN1CCOCC1)NC(=O)C2. The van der Waals surface area contributed by atoms with Gasteiger partial charge in [0.05, 0.1) is 31.0 Å². The van der Waals surface area contributed by atoms with Gasteiger partial charge in [0.1, 0.15) is 0 Å². The molecule has 21 heavy (non-hydrogen) atoms. The highest BCUT2D eigenvalue weighted by molar-refractivity contribution is 6.00. The van der Waals surface area contributed by atoms with Crippen molar-refractivity contribution in [3.8, 4) is 0 Å². The summed E-state index contributed by atoms with van der Waals surface area (Å²) in [4.78, 5) is 13.8. The highest BCUT2D eigenvalue weighted by atomic mass is 16.5. The van der Waals surface area contributed by atoms with Gasteiger partial charge in [-0.2, -0.15) is 0 Å². The van der Waals surface area contributed by atoms with Crippen LogP contribution in [0.5, 0.6) is 0 Å². The second-order valence-electron chi connectivity index (χ2n) is 5.56. The van der Waals surface area contributed by atoms with Crippen LogP contribution in [0.4, 0.5) is 17.1 Å². The molecule has 3 rings (SSSR count). The number of rotatable bonds is 5. The van der Waals surface area contributed by atoms with E-state index in [-0.39, 0.29) is 5.91 Å². The average Bonchev–Trinajstić information content (AvgIpc) is 2.83. The Morgan fingerprint density at radius 3 is 2.95 bits per heavy atom. The number of fused-ring (bicyclic) bond motifs is 1. The molecule has 0 saturated carbocycles. The summed E-state index contributed by atoms with van der Waals surface area (Å²) in [6, 6.07) is 3.82. The van der Waals surface area contributed by atoms with Crippen LogP contribution in [0, 0.1) is 0 Å². The highest BCUT2D eigenvalue weighted by Gasteiger charge is 2.19. The van der Waals surface area contributed by atoms with Crippen LogP contribution >= 0.6 is 0 Å². The topological polar surface area (TPSA) is 79.6 Å². The van der Waals surface area contributed by atoms with E-state index in [2.05, 4.69) is 15.5 Å². The van der Waals surface area contributed by atoms with Gasteiger partial charge >= 0.3 is 0 Å². The molecule has 1 amide bonds. The van der Waals surface area contributed by atoms with Crippen LogP contribution in [0.25, 0.3) is 0 Å². The van der Waals surface area contributed by atoms with Crippen molar-refractivity contribution in [1.29, 1.82) is 0 Å². The Balaban J connectivity index is 1.49. The van der Waals surface area contributed by atoms with Gasteiger partial charge in [-0.3, -0.25) is 9.69 Å². The Labute approximate surface area is 124 Å². The Kier molecular flexibility index (Phi) is 4.26. The maximum Gasteiger partial charge on any atom is 0.228 e. The second-order valence-corrected chi connectivity index (χ2v) is 5.56. The van der Waals surface area contributed by atoms with Crippen molar-refractivity contribution >= 4 is 23.0 Å². The summed E-state index contributed by atoms with van der Waals surface area (Å²) in [6.07, 6.45) is 1.49. The molecule has 0 radical (unpaired) electrons. The number of amides is 1.